The Hall–Kier alpha value is -1.87. The Morgan fingerprint density at radius 3 is 2.31 bits per heavy atom. The first-order valence-electron chi connectivity index (χ1n) is 10.3. The van der Waals surface area contributed by atoms with Gasteiger partial charge >= 0.3 is 0 Å². The SMILES string of the molecule is c1cncc(-c2ccc(N3CCC4(CCN(C5CCC5)CC4)C3)cc2)c1. The van der Waals surface area contributed by atoms with Crippen LogP contribution in [0.4, 0.5) is 5.69 Å². The summed E-state index contributed by atoms with van der Waals surface area (Å²) >= 11 is 0. The van der Waals surface area contributed by atoms with Gasteiger partial charge in [0.15, 0.2) is 0 Å². The van der Waals surface area contributed by atoms with Crippen molar-refractivity contribution in [2.24, 2.45) is 5.41 Å². The van der Waals surface area contributed by atoms with Gasteiger partial charge in [-0.3, -0.25) is 4.98 Å². The third kappa shape index (κ3) is 3.03. The van der Waals surface area contributed by atoms with E-state index in [9.17, 15) is 0 Å². The Kier molecular flexibility index (Phi) is 4.20. The van der Waals surface area contributed by atoms with Gasteiger partial charge < -0.3 is 9.80 Å². The predicted octanol–water partition coefficient (Wildman–Crippen LogP) is 4.59. The monoisotopic (exact) mass is 347 g/mol. The second kappa shape index (κ2) is 6.70. The highest BCUT2D eigenvalue weighted by Gasteiger charge is 2.42. The number of pyridine rings is 1. The van der Waals surface area contributed by atoms with E-state index in [0.29, 0.717) is 5.41 Å². The number of hydrogen-bond acceptors (Lipinski definition) is 3. The summed E-state index contributed by atoms with van der Waals surface area (Å²) in [4.78, 5) is 9.63. The lowest BCUT2D eigenvalue weighted by atomic mass is 9.76. The van der Waals surface area contributed by atoms with Gasteiger partial charge in [0.1, 0.15) is 0 Å². The lowest BCUT2D eigenvalue weighted by Gasteiger charge is -2.45. The molecule has 1 aromatic carbocycles. The van der Waals surface area contributed by atoms with Crippen LogP contribution in [0.15, 0.2) is 48.8 Å². The summed E-state index contributed by atoms with van der Waals surface area (Å²) in [5.41, 5.74) is 4.41. The number of likely N-dealkylation sites (tertiary alicyclic amines) is 1. The zero-order valence-electron chi connectivity index (χ0n) is 15.6. The topological polar surface area (TPSA) is 19.4 Å². The maximum Gasteiger partial charge on any atom is 0.0366 e. The van der Waals surface area contributed by atoms with Gasteiger partial charge in [-0.15, -0.1) is 0 Å². The largest absolute Gasteiger partial charge is 0.371 e. The summed E-state index contributed by atoms with van der Waals surface area (Å²) in [5.74, 6) is 0. The molecule has 3 heteroatoms. The van der Waals surface area contributed by atoms with Crippen LogP contribution in [0.5, 0.6) is 0 Å². The second-order valence-corrected chi connectivity index (χ2v) is 8.58. The fourth-order valence-electron chi connectivity index (χ4n) is 5.08. The normalized spacial score (nSPS) is 23.3. The Bertz CT molecular complexity index is 728. The maximum absolute atomic E-state index is 4.23. The van der Waals surface area contributed by atoms with Gasteiger partial charge in [0, 0.05) is 37.2 Å². The first-order valence-corrected chi connectivity index (χ1v) is 10.3. The van der Waals surface area contributed by atoms with E-state index >= 15 is 0 Å². The van der Waals surface area contributed by atoms with Crippen LogP contribution in [0.3, 0.4) is 0 Å². The van der Waals surface area contributed by atoms with E-state index in [2.05, 4.69) is 45.1 Å². The average molecular weight is 348 g/mol. The van der Waals surface area contributed by atoms with Crippen LogP contribution in [-0.2, 0) is 0 Å². The lowest BCUT2D eigenvalue weighted by molar-refractivity contribution is 0.0524. The predicted molar refractivity (Wildman–Crippen MR) is 107 cm³/mol. The van der Waals surface area contributed by atoms with Crippen LogP contribution < -0.4 is 4.90 Å². The third-order valence-electron chi connectivity index (χ3n) is 7.12. The van der Waals surface area contributed by atoms with E-state index in [1.54, 1.807) is 0 Å². The molecule has 1 aromatic heterocycles. The van der Waals surface area contributed by atoms with Crippen LogP contribution in [-0.4, -0.2) is 42.1 Å². The molecular formula is C23H29N3. The van der Waals surface area contributed by atoms with Gasteiger partial charge in [-0.05, 0) is 79.9 Å². The molecular weight excluding hydrogens is 318 g/mol. The standard InChI is InChI=1S/C23H29N3/c1-4-21(5-1)25-14-10-23(11-15-25)12-16-26(18-23)22-8-6-19(7-9-22)20-3-2-13-24-17-20/h2-3,6-9,13,17,21H,1,4-5,10-12,14-16,18H2. The summed E-state index contributed by atoms with van der Waals surface area (Å²) in [6.07, 6.45) is 12.3. The number of benzene rings is 1. The molecule has 0 bridgehead atoms. The number of piperidine rings is 1. The molecule has 1 aliphatic carbocycles. The Labute approximate surface area is 157 Å². The number of hydrogen-bond donors (Lipinski definition) is 0. The highest BCUT2D eigenvalue weighted by molar-refractivity contribution is 5.65. The first kappa shape index (κ1) is 16.3. The smallest absolute Gasteiger partial charge is 0.0366 e. The minimum absolute atomic E-state index is 0.572. The number of rotatable bonds is 3. The zero-order valence-corrected chi connectivity index (χ0v) is 15.6. The Morgan fingerprint density at radius 2 is 1.65 bits per heavy atom. The van der Waals surface area contributed by atoms with E-state index in [-0.39, 0.29) is 0 Å². The Morgan fingerprint density at radius 1 is 0.885 bits per heavy atom. The first-order chi connectivity index (χ1) is 12.8. The molecule has 136 valence electrons. The van der Waals surface area contributed by atoms with Gasteiger partial charge in [-0.2, -0.15) is 0 Å². The van der Waals surface area contributed by atoms with E-state index in [1.165, 1.54) is 81.5 Å². The number of anilines is 1. The lowest BCUT2D eigenvalue weighted by Crippen LogP contribution is -2.48. The molecule has 3 fully saturated rings. The molecule has 3 nitrogen and oxygen atoms in total. The molecule has 1 spiro atoms. The van der Waals surface area contributed by atoms with E-state index in [1.807, 2.05) is 18.5 Å². The maximum atomic E-state index is 4.23. The van der Waals surface area contributed by atoms with Crippen molar-refractivity contribution in [2.75, 3.05) is 31.1 Å². The Balaban J connectivity index is 1.23. The number of aromatic nitrogens is 1. The second-order valence-electron chi connectivity index (χ2n) is 8.58. The quantitative estimate of drug-likeness (QED) is 0.809. The molecule has 3 heterocycles. The summed E-state index contributed by atoms with van der Waals surface area (Å²) in [6.45, 7) is 5.13. The van der Waals surface area contributed by atoms with Crippen molar-refractivity contribution in [2.45, 2.75) is 44.6 Å². The summed E-state index contributed by atoms with van der Waals surface area (Å²) in [7, 11) is 0. The molecule has 0 atom stereocenters. The molecule has 26 heavy (non-hydrogen) atoms. The van der Waals surface area contributed by atoms with Crippen molar-refractivity contribution in [3.05, 3.63) is 48.8 Å². The molecule has 0 unspecified atom stereocenters. The minimum atomic E-state index is 0.572. The van der Waals surface area contributed by atoms with Crippen LogP contribution >= 0.6 is 0 Å². The fraction of sp³-hybridized carbons (Fsp3) is 0.522. The molecule has 2 aromatic rings. The van der Waals surface area contributed by atoms with Crippen molar-refractivity contribution >= 4 is 5.69 Å². The van der Waals surface area contributed by atoms with Crippen LogP contribution in [0.1, 0.15) is 38.5 Å². The number of nitrogens with zero attached hydrogens (tertiary/aromatic N) is 3. The van der Waals surface area contributed by atoms with Gasteiger partial charge in [0.2, 0.25) is 0 Å². The van der Waals surface area contributed by atoms with Crippen molar-refractivity contribution in [3.63, 3.8) is 0 Å². The van der Waals surface area contributed by atoms with Crippen LogP contribution in [0, 0.1) is 5.41 Å². The van der Waals surface area contributed by atoms with Crippen LogP contribution in [0.25, 0.3) is 11.1 Å². The molecule has 5 rings (SSSR count). The molecule has 0 N–H and O–H groups in total. The van der Waals surface area contributed by atoms with Crippen LogP contribution in [0.2, 0.25) is 0 Å². The van der Waals surface area contributed by atoms with Crippen molar-refractivity contribution in [1.82, 2.24) is 9.88 Å². The fourth-order valence-corrected chi connectivity index (χ4v) is 5.08. The van der Waals surface area contributed by atoms with Crippen molar-refractivity contribution in [3.8, 4) is 11.1 Å². The highest BCUT2D eigenvalue weighted by atomic mass is 15.2. The van der Waals surface area contributed by atoms with Crippen molar-refractivity contribution in [1.29, 1.82) is 0 Å². The highest BCUT2D eigenvalue weighted by Crippen LogP contribution is 2.43. The minimum Gasteiger partial charge on any atom is -0.371 e. The molecule has 2 aliphatic heterocycles. The van der Waals surface area contributed by atoms with Gasteiger partial charge in [0.25, 0.3) is 0 Å². The van der Waals surface area contributed by atoms with Gasteiger partial charge in [0.05, 0.1) is 0 Å². The molecule has 0 radical (unpaired) electrons. The van der Waals surface area contributed by atoms with E-state index < -0.39 is 0 Å². The molecule has 3 aliphatic rings. The molecule has 1 saturated carbocycles. The summed E-state index contributed by atoms with van der Waals surface area (Å²) < 4.78 is 0. The molecule has 0 amide bonds. The average Bonchev–Trinajstić information content (AvgIpc) is 3.07. The van der Waals surface area contributed by atoms with E-state index in [4.69, 9.17) is 0 Å². The third-order valence-corrected chi connectivity index (χ3v) is 7.12. The summed E-state index contributed by atoms with van der Waals surface area (Å²) in [5, 5.41) is 0. The van der Waals surface area contributed by atoms with E-state index in [0.717, 1.165) is 6.04 Å². The van der Waals surface area contributed by atoms with Crippen molar-refractivity contribution < 1.29 is 0 Å². The molecule has 2 saturated heterocycles. The summed E-state index contributed by atoms with van der Waals surface area (Å²) in [6, 6.07) is 14.1. The zero-order chi connectivity index (χ0) is 17.4. The van der Waals surface area contributed by atoms with Gasteiger partial charge in [-0.25, -0.2) is 0 Å². The van der Waals surface area contributed by atoms with Gasteiger partial charge in [-0.1, -0.05) is 24.6 Å².